The molecule has 3 nitrogen and oxygen atoms in total. The molecule has 2 rings (SSSR count). The lowest BCUT2D eigenvalue weighted by molar-refractivity contribution is -0.0964. The van der Waals surface area contributed by atoms with Gasteiger partial charge >= 0.3 is 5.57 Å². The standard InChI is InChI=1S/C14H10ClF2NO2/c15-14(16,17)20-12-8-6-11(7-9-12)18-13(19)10-4-2-1-3-5-10/h1-9H,(H,18,19). The first-order valence-electron chi connectivity index (χ1n) is 5.66. The van der Waals surface area contributed by atoms with E-state index in [1.807, 2.05) is 0 Å². The minimum Gasteiger partial charge on any atom is -0.420 e. The van der Waals surface area contributed by atoms with E-state index in [1.165, 1.54) is 24.3 Å². The van der Waals surface area contributed by atoms with Gasteiger partial charge in [-0.05, 0) is 36.4 Å². The zero-order valence-corrected chi connectivity index (χ0v) is 10.9. The number of rotatable bonds is 4. The van der Waals surface area contributed by atoms with Gasteiger partial charge in [-0.15, -0.1) is 8.78 Å². The minimum absolute atomic E-state index is 0.0947. The summed E-state index contributed by atoms with van der Waals surface area (Å²) in [5, 5.41) is 2.63. The van der Waals surface area contributed by atoms with Gasteiger partial charge in [0.1, 0.15) is 5.75 Å². The first kappa shape index (κ1) is 14.3. The third-order valence-electron chi connectivity index (χ3n) is 2.38. The van der Waals surface area contributed by atoms with Crippen LogP contribution in [0.3, 0.4) is 0 Å². The Morgan fingerprint density at radius 2 is 1.65 bits per heavy atom. The van der Waals surface area contributed by atoms with Crippen molar-refractivity contribution >= 4 is 23.2 Å². The van der Waals surface area contributed by atoms with Crippen LogP contribution >= 0.6 is 11.6 Å². The molecule has 0 saturated heterocycles. The molecule has 0 radical (unpaired) electrons. The summed E-state index contributed by atoms with van der Waals surface area (Å²) in [6, 6.07) is 14.1. The number of hydrogen-bond donors (Lipinski definition) is 1. The van der Waals surface area contributed by atoms with Crippen LogP contribution in [0.25, 0.3) is 0 Å². The fraction of sp³-hybridized carbons (Fsp3) is 0.0714. The minimum atomic E-state index is -3.76. The molecule has 0 fully saturated rings. The van der Waals surface area contributed by atoms with Crippen molar-refractivity contribution in [2.75, 3.05) is 5.32 Å². The maximum Gasteiger partial charge on any atom is 0.487 e. The molecule has 0 aliphatic heterocycles. The number of amides is 1. The molecule has 20 heavy (non-hydrogen) atoms. The van der Waals surface area contributed by atoms with E-state index < -0.39 is 5.57 Å². The van der Waals surface area contributed by atoms with Crippen LogP contribution in [0, 0.1) is 0 Å². The maximum absolute atomic E-state index is 12.4. The molecule has 0 spiro atoms. The van der Waals surface area contributed by atoms with Crippen molar-refractivity contribution in [1.82, 2.24) is 0 Å². The van der Waals surface area contributed by atoms with Crippen LogP contribution in [-0.4, -0.2) is 11.5 Å². The Hall–Kier alpha value is -2.14. The average Bonchev–Trinajstić information content (AvgIpc) is 2.40. The number of hydrogen-bond acceptors (Lipinski definition) is 2. The van der Waals surface area contributed by atoms with Crippen LogP contribution in [0.15, 0.2) is 54.6 Å². The Kier molecular flexibility index (Phi) is 4.20. The molecule has 0 heterocycles. The largest absolute Gasteiger partial charge is 0.487 e. The van der Waals surface area contributed by atoms with Crippen molar-refractivity contribution < 1.29 is 18.3 Å². The number of halogens is 3. The summed E-state index contributed by atoms with van der Waals surface area (Å²) in [4.78, 5) is 11.8. The van der Waals surface area contributed by atoms with E-state index in [9.17, 15) is 13.6 Å². The number of carbonyl (C=O) groups excluding carboxylic acids is 1. The van der Waals surface area contributed by atoms with Crippen molar-refractivity contribution in [2.24, 2.45) is 0 Å². The molecule has 0 unspecified atom stereocenters. The van der Waals surface area contributed by atoms with Gasteiger partial charge in [-0.2, -0.15) is 0 Å². The zero-order valence-electron chi connectivity index (χ0n) is 10.1. The molecule has 0 atom stereocenters. The molecular formula is C14H10ClF2NO2. The number of anilines is 1. The Labute approximate surface area is 119 Å². The van der Waals surface area contributed by atoms with E-state index in [0.29, 0.717) is 11.3 Å². The number of carbonyl (C=O) groups is 1. The molecule has 0 saturated carbocycles. The average molecular weight is 298 g/mol. The van der Waals surface area contributed by atoms with Crippen molar-refractivity contribution in [3.63, 3.8) is 0 Å². The second kappa shape index (κ2) is 5.88. The monoisotopic (exact) mass is 297 g/mol. The van der Waals surface area contributed by atoms with Crippen molar-refractivity contribution in [1.29, 1.82) is 0 Å². The lowest BCUT2D eigenvalue weighted by atomic mass is 10.2. The Morgan fingerprint density at radius 3 is 2.20 bits per heavy atom. The highest BCUT2D eigenvalue weighted by molar-refractivity contribution is 6.20. The van der Waals surface area contributed by atoms with Crippen LogP contribution < -0.4 is 10.1 Å². The quantitative estimate of drug-likeness (QED) is 0.863. The summed E-state index contributed by atoms with van der Waals surface area (Å²) in [6.07, 6.45) is 0. The molecule has 0 aromatic heterocycles. The van der Waals surface area contributed by atoms with E-state index in [1.54, 1.807) is 30.3 Å². The number of benzene rings is 2. The first-order chi connectivity index (χ1) is 9.44. The highest BCUT2D eigenvalue weighted by Gasteiger charge is 2.27. The summed E-state index contributed by atoms with van der Waals surface area (Å²) in [7, 11) is 0. The molecule has 6 heteroatoms. The van der Waals surface area contributed by atoms with Crippen molar-refractivity contribution in [3.05, 3.63) is 60.2 Å². The van der Waals surface area contributed by atoms with Crippen LogP contribution in [-0.2, 0) is 0 Å². The lowest BCUT2D eigenvalue weighted by Crippen LogP contribution is -2.15. The number of ether oxygens (including phenoxy) is 1. The second-order valence-electron chi connectivity index (χ2n) is 3.89. The molecule has 0 aliphatic carbocycles. The molecule has 1 amide bonds. The molecule has 2 aromatic carbocycles. The Bertz CT molecular complexity index is 582. The molecular weight excluding hydrogens is 288 g/mol. The second-order valence-corrected chi connectivity index (χ2v) is 4.33. The van der Waals surface area contributed by atoms with Crippen LogP contribution in [0.1, 0.15) is 10.4 Å². The first-order valence-corrected chi connectivity index (χ1v) is 6.04. The highest BCUT2D eigenvalue weighted by Crippen LogP contribution is 2.26. The predicted octanol–water partition coefficient (Wildman–Crippen LogP) is 4.11. The lowest BCUT2D eigenvalue weighted by Gasteiger charge is -2.11. The van der Waals surface area contributed by atoms with Gasteiger partial charge in [0.2, 0.25) is 0 Å². The molecule has 104 valence electrons. The normalized spacial score (nSPS) is 10.9. The van der Waals surface area contributed by atoms with Crippen molar-refractivity contribution in [2.45, 2.75) is 5.57 Å². The van der Waals surface area contributed by atoms with E-state index in [4.69, 9.17) is 0 Å². The number of nitrogens with one attached hydrogen (secondary N) is 1. The van der Waals surface area contributed by atoms with Gasteiger partial charge in [-0.1, -0.05) is 18.2 Å². The van der Waals surface area contributed by atoms with E-state index in [-0.39, 0.29) is 11.7 Å². The van der Waals surface area contributed by atoms with E-state index >= 15 is 0 Å². The smallest absolute Gasteiger partial charge is 0.420 e. The Morgan fingerprint density at radius 1 is 1.05 bits per heavy atom. The summed E-state index contributed by atoms with van der Waals surface area (Å²) in [5.41, 5.74) is -2.79. The zero-order chi connectivity index (χ0) is 14.6. The Balaban J connectivity index is 2.02. The summed E-state index contributed by atoms with van der Waals surface area (Å²) >= 11 is 4.65. The molecule has 0 bridgehead atoms. The van der Waals surface area contributed by atoms with Gasteiger partial charge in [0.15, 0.2) is 0 Å². The molecule has 1 N–H and O–H groups in total. The third-order valence-corrected chi connectivity index (χ3v) is 2.46. The highest BCUT2D eigenvalue weighted by atomic mass is 35.5. The summed E-state index contributed by atoms with van der Waals surface area (Å²) in [6.45, 7) is 0. The van der Waals surface area contributed by atoms with Gasteiger partial charge in [0.05, 0.1) is 0 Å². The summed E-state index contributed by atoms with van der Waals surface area (Å²) < 4.78 is 29.0. The topological polar surface area (TPSA) is 38.3 Å². The van der Waals surface area contributed by atoms with Gasteiger partial charge in [0.25, 0.3) is 5.91 Å². The van der Waals surface area contributed by atoms with Gasteiger partial charge in [-0.25, -0.2) is 0 Å². The van der Waals surface area contributed by atoms with E-state index in [0.717, 1.165) is 0 Å². The van der Waals surface area contributed by atoms with E-state index in [2.05, 4.69) is 21.7 Å². The number of alkyl halides is 3. The fourth-order valence-corrected chi connectivity index (χ4v) is 1.62. The predicted molar refractivity (Wildman–Crippen MR) is 72.3 cm³/mol. The third kappa shape index (κ3) is 4.20. The van der Waals surface area contributed by atoms with Crippen molar-refractivity contribution in [3.8, 4) is 5.75 Å². The van der Waals surface area contributed by atoms with Gasteiger partial charge < -0.3 is 10.1 Å². The van der Waals surface area contributed by atoms with Gasteiger partial charge in [-0.3, -0.25) is 4.79 Å². The van der Waals surface area contributed by atoms with Crippen LogP contribution in [0.5, 0.6) is 5.75 Å². The fourth-order valence-electron chi connectivity index (χ4n) is 1.53. The SMILES string of the molecule is O=C(Nc1ccc(OC(F)(F)Cl)cc1)c1ccccc1. The maximum atomic E-state index is 12.4. The summed E-state index contributed by atoms with van der Waals surface area (Å²) in [5.74, 6) is -0.385. The van der Waals surface area contributed by atoms with Crippen LogP contribution in [0.2, 0.25) is 0 Å². The van der Waals surface area contributed by atoms with Gasteiger partial charge in [0, 0.05) is 22.9 Å². The molecule has 2 aromatic rings. The van der Waals surface area contributed by atoms with Crippen LogP contribution in [0.4, 0.5) is 14.5 Å². The molecule has 0 aliphatic rings.